The van der Waals surface area contributed by atoms with Gasteiger partial charge in [0.05, 0.1) is 27.6 Å². The fraction of sp³-hybridized carbons (Fsp3) is 0.263. The lowest BCUT2D eigenvalue weighted by molar-refractivity contribution is 0.403. The monoisotopic (exact) mass is 314 g/mol. The maximum absolute atomic E-state index is 5.37. The molecule has 0 N–H and O–H groups in total. The van der Waals surface area contributed by atoms with Crippen LogP contribution in [0, 0.1) is 13.8 Å². The number of rotatable bonds is 3. The number of benzene rings is 2. The minimum atomic E-state index is 0.848. The molecule has 23 heavy (non-hydrogen) atoms. The van der Waals surface area contributed by atoms with Crippen LogP contribution in [-0.4, -0.2) is 21.3 Å². The standard InChI is InChI=1S/C11H12O2.C8H10O2/c1-7-8(2)11-9(4-5-13-11)6-10(7)12-3;1-9-7-3-5-8(10-2)6-4-7/h4-6H,1-3H3;3-6H,1-2H3. The Labute approximate surface area is 136 Å². The van der Waals surface area contributed by atoms with Crippen LogP contribution < -0.4 is 14.2 Å². The molecule has 1 heterocycles. The molecule has 0 aliphatic rings. The molecule has 0 saturated carbocycles. The lowest BCUT2D eigenvalue weighted by atomic mass is 10.1. The van der Waals surface area contributed by atoms with Gasteiger partial charge < -0.3 is 18.6 Å². The topological polar surface area (TPSA) is 40.8 Å². The summed E-state index contributed by atoms with van der Waals surface area (Å²) in [5, 5.41) is 1.10. The van der Waals surface area contributed by atoms with Gasteiger partial charge in [-0.25, -0.2) is 0 Å². The van der Waals surface area contributed by atoms with Crippen molar-refractivity contribution in [2.24, 2.45) is 0 Å². The molecule has 3 rings (SSSR count). The quantitative estimate of drug-likeness (QED) is 0.699. The second kappa shape index (κ2) is 7.58. The minimum absolute atomic E-state index is 0.848. The van der Waals surface area contributed by atoms with Crippen molar-refractivity contribution < 1.29 is 18.6 Å². The summed E-state index contributed by atoms with van der Waals surface area (Å²) in [5.41, 5.74) is 3.25. The Bertz CT molecular complexity index is 734. The molecule has 0 bridgehead atoms. The van der Waals surface area contributed by atoms with Crippen molar-refractivity contribution in [2.75, 3.05) is 21.3 Å². The first-order chi connectivity index (χ1) is 11.1. The average Bonchev–Trinajstić information content (AvgIpc) is 3.07. The SMILES string of the molecule is COc1cc2ccoc2c(C)c1C.COc1ccc(OC)cc1. The molecule has 0 atom stereocenters. The van der Waals surface area contributed by atoms with Gasteiger partial charge in [0.15, 0.2) is 0 Å². The summed E-state index contributed by atoms with van der Waals surface area (Å²) < 4.78 is 20.6. The Morgan fingerprint density at radius 3 is 1.78 bits per heavy atom. The second-order valence-corrected chi connectivity index (χ2v) is 5.05. The van der Waals surface area contributed by atoms with E-state index in [4.69, 9.17) is 18.6 Å². The third-order valence-electron chi connectivity index (χ3n) is 3.77. The van der Waals surface area contributed by atoms with Gasteiger partial charge in [0.2, 0.25) is 0 Å². The molecule has 0 aliphatic heterocycles. The predicted molar refractivity (Wildman–Crippen MR) is 91.8 cm³/mol. The number of methoxy groups -OCH3 is 3. The van der Waals surface area contributed by atoms with Gasteiger partial charge in [-0.3, -0.25) is 0 Å². The number of ether oxygens (including phenoxy) is 3. The highest BCUT2D eigenvalue weighted by Gasteiger charge is 2.08. The first-order valence-corrected chi connectivity index (χ1v) is 7.30. The smallest absolute Gasteiger partial charge is 0.137 e. The van der Waals surface area contributed by atoms with Crippen molar-refractivity contribution in [1.29, 1.82) is 0 Å². The molecule has 0 amide bonds. The Kier molecular flexibility index (Phi) is 5.52. The van der Waals surface area contributed by atoms with Gasteiger partial charge >= 0.3 is 0 Å². The van der Waals surface area contributed by atoms with Crippen molar-refractivity contribution in [3.63, 3.8) is 0 Å². The van der Waals surface area contributed by atoms with E-state index in [0.29, 0.717) is 0 Å². The zero-order chi connectivity index (χ0) is 16.8. The highest BCUT2D eigenvalue weighted by atomic mass is 16.5. The van der Waals surface area contributed by atoms with Gasteiger partial charge in [-0.1, -0.05) is 0 Å². The number of furan rings is 1. The van der Waals surface area contributed by atoms with E-state index in [1.165, 1.54) is 0 Å². The highest BCUT2D eigenvalue weighted by molar-refractivity contribution is 5.83. The van der Waals surface area contributed by atoms with Crippen molar-refractivity contribution in [2.45, 2.75) is 13.8 Å². The third kappa shape index (κ3) is 3.77. The third-order valence-corrected chi connectivity index (χ3v) is 3.77. The van der Waals surface area contributed by atoms with Gasteiger partial charge in [-0.2, -0.15) is 0 Å². The van der Waals surface area contributed by atoms with Crippen LogP contribution in [0.5, 0.6) is 17.2 Å². The highest BCUT2D eigenvalue weighted by Crippen LogP contribution is 2.30. The van der Waals surface area contributed by atoms with Crippen LogP contribution in [0.1, 0.15) is 11.1 Å². The van der Waals surface area contributed by atoms with E-state index in [1.807, 2.05) is 50.2 Å². The van der Waals surface area contributed by atoms with E-state index >= 15 is 0 Å². The van der Waals surface area contributed by atoms with Crippen LogP contribution in [0.15, 0.2) is 47.1 Å². The molecule has 0 aliphatic carbocycles. The molecule has 0 fully saturated rings. The number of hydrogen-bond acceptors (Lipinski definition) is 4. The predicted octanol–water partition coefficient (Wildman–Crippen LogP) is 4.76. The molecule has 1 aromatic heterocycles. The molecule has 0 spiro atoms. The van der Waals surface area contributed by atoms with Crippen molar-refractivity contribution in [1.82, 2.24) is 0 Å². The van der Waals surface area contributed by atoms with E-state index in [0.717, 1.165) is 39.3 Å². The van der Waals surface area contributed by atoms with E-state index < -0.39 is 0 Å². The molecule has 0 radical (unpaired) electrons. The van der Waals surface area contributed by atoms with Gasteiger partial charge in [0, 0.05) is 5.39 Å². The average molecular weight is 314 g/mol. The molecular weight excluding hydrogens is 292 g/mol. The number of fused-ring (bicyclic) bond motifs is 1. The fourth-order valence-corrected chi connectivity index (χ4v) is 2.27. The molecule has 4 nitrogen and oxygen atoms in total. The fourth-order valence-electron chi connectivity index (χ4n) is 2.27. The summed E-state index contributed by atoms with van der Waals surface area (Å²) in [6, 6.07) is 11.4. The van der Waals surface area contributed by atoms with Gasteiger partial charge in [-0.15, -0.1) is 0 Å². The van der Waals surface area contributed by atoms with Crippen LogP contribution in [-0.2, 0) is 0 Å². The van der Waals surface area contributed by atoms with Crippen molar-refractivity contribution >= 4 is 11.0 Å². The van der Waals surface area contributed by atoms with Crippen molar-refractivity contribution in [3.05, 3.63) is 53.8 Å². The zero-order valence-corrected chi connectivity index (χ0v) is 14.2. The van der Waals surface area contributed by atoms with Gasteiger partial charge in [0.25, 0.3) is 0 Å². The van der Waals surface area contributed by atoms with Crippen LogP contribution >= 0.6 is 0 Å². The second-order valence-electron chi connectivity index (χ2n) is 5.05. The lowest BCUT2D eigenvalue weighted by Crippen LogP contribution is -1.89. The summed E-state index contributed by atoms with van der Waals surface area (Å²) in [4.78, 5) is 0. The Hall–Kier alpha value is -2.62. The Morgan fingerprint density at radius 1 is 0.739 bits per heavy atom. The number of hydrogen-bond donors (Lipinski definition) is 0. The van der Waals surface area contributed by atoms with Crippen LogP contribution in [0.25, 0.3) is 11.0 Å². The largest absolute Gasteiger partial charge is 0.497 e. The van der Waals surface area contributed by atoms with Crippen LogP contribution in [0.4, 0.5) is 0 Å². The minimum Gasteiger partial charge on any atom is -0.497 e. The Balaban J connectivity index is 0.000000174. The normalized spacial score (nSPS) is 9.96. The molecule has 0 unspecified atom stereocenters. The summed E-state index contributed by atoms with van der Waals surface area (Å²) >= 11 is 0. The van der Waals surface area contributed by atoms with Crippen LogP contribution in [0.3, 0.4) is 0 Å². The maximum Gasteiger partial charge on any atom is 0.137 e. The first-order valence-electron chi connectivity index (χ1n) is 7.30. The van der Waals surface area contributed by atoms with E-state index in [9.17, 15) is 0 Å². The Morgan fingerprint density at radius 2 is 1.30 bits per heavy atom. The molecule has 122 valence electrons. The molecule has 4 heteroatoms. The van der Waals surface area contributed by atoms with E-state index in [2.05, 4.69) is 0 Å². The number of aryl methyl sites for hydroxylation is 1. The van der Waals surface area contributed by atoms with E-state index in [-0.39, 0.29) is 0 Å². The molecular formula is C19H22O4. The maximum atomic E-state index is 5.37. The van der Waals surface area contributed by atoms with Gasteiger partial charge in [-0.05, 0) is 61.4 Å². The summed E-state index contributed by atoms with van der Waals surface area (Å²) in [7, 11) is 4.97. The first kappa shape index (κ1) is 16.7. The summed E-state index contributed by atoms with van der Waals surface area (Å²) in [6.45, 7) is 4.08. The molecule has 3 aromatic rings. The van der Waals surface area contributed by atoms with Crippen molar-refractivity contribution in [3.8, 4) is 17.2 Å². The molecule has 2 aromatic carbocycles. The summed E-state index contributed by atoms with van der Waals surface area (Å²) in [5.74, 6) is 2.62. The zero-order valence-electron chi connectivity index (χ0n) is 14.2. The lowest BCUT2D eigenvalue weighted by Gasteiger charge is -2.07. The van der Waals surface area contributed by atoms with Crippen LogP contribution in [0.2, 0.25) is 0 Å². The molecule has 0 saturated heterocycles. The van der Waals surface area contributed by atoms with Gasteiger partial charge in [0.1, 0.15) is 22.8 Å². The summed E-state index contributed by atoms with van der Waals surface area (Å²) in [6.07, 6.45) is 1.70. The van der Waals surface area contributed by atoms with E-state index in [1.54, 1.807) is 27.6 Å².